The second-order valence-electron chi connectivity index (χ2n) is 3.89. The van der Waals surface area contributed by atoms with Crippen molar-refractivity contribution in [3.63, 3.8) is 0 Å². The number of methoxy groups -OCH3 is 1. The number of ether oxygens (including phenoxy) is 1. The van der Waals surface area contributed by atoms with Gasteiger partial charge in [-0.2, -0.15) is 0 Å². The van der Waals surface area contributed by atoms with Crippen molar-refractivity contribution in [2.45, 2.75) is 26.0 Å². The van der Waals surface area contributed by atoms with E-state index in [9.17, 15) is 0 Å². The van der Waals surface area contributed by atoms with Crippen molar-refractivity contribution >= 4 is 0 Å². The molecule has 0 saturated heterocycles. The molecule has 2 N–H and O–H groups in total. The van der Waals surface area contributed by atoms with Crippen molar-refractivity contribution in [2.24, 2.45) is 5.73 Å². The molecule has 1 aromatic rings. The SMILES string of the molecule is COC(c1ccccc1)C(N)C=C(C)C. The molecule has 0 amide bonds. The molecule has 2 nitrogen and oxygen atoms in total. The maximum atomic E-state index is 6.06. The summed E-state index contributed by atoms with van der Waals surface area (Å²) in [6.45, 7) is 4.08. The number of benzene rings is 1. The Bertz CT molecular complexity index is 315. The Labute approximate surface area is 91.7 Å². The van der Waals surface area contributed by atoms with Crippen molar-refractivity contribution in [1.29, 1.82) is 0 Å². The molecule has 0 aliphatic heterocycles. The number of allylic oxidation sites excluding steroid dienone is 1. The van der Waals surface area contributed by atoms with Crippen LogP contribution in [0, 0.1) is 0 Å². The van der Waals surface area contributed by atoms with Gasteiger partial charge in [-0.25, -0.2) is 0 Å². The lowest BCUT2D eigenvalue weighted by Gasteiger charge is -2.20. The third-order valence-electron chi connectivity index (χ3n) is 2.26. The highest BCUT2D eigenvalue weighted by Gasteiger charge is 2.16. The fraction of sp³-hybridized carbons (Fsp3) is 0.385. The van der Waals surface area contributed by atoms with Crippen LogP contribution in [0.1, 0.15) is 25.5 Å². The van der Waals surface area contributed by atoms with Gasteiger partial charge in [-0.3, -0.25) is 0 Å². The molecule has 2 atom stereocenters. The van der Waals surface area contributed by atoms with E-state index in [0.29, 0.717) is 0 Å². The third-order valence-corrected chi connectivity index (χ3v) is 2.26. The quantitative estimate of drug-likeness (QED) is 0.767. The van der Waals surface area contributed by atoms with Crippen LogP contribution in [0.25, 0.3) is 0 Å². The minimum Gasteiger partial charge on any atom is -0.375 e. The molecule has 0 fully saturated rings. The van der Waals surface area contributed by atoms with E-state index in [2.05, 4.69) is 0 Å². The van der Waals surface area contributed by atoms with Gasteiger partial charge in [-0.05, 0) is 19.4 Å². The zero-order chi connectivity index (χ0) is 11.3. The van der Waals surface area contributed by atoms with E-state index in [4.69, 9.17) is 10.5 Å². The van der Waals surface area contributed by atoms with Crippen LogP contribution < -0.4 is 5.73 Å². The van der Waals surface area contributed by atoms with Crippen LogP contribution in [0.4, 0.5) is 0 Å². The minimum atomic E-state index is -0.0950. The average Bonchev–Trinajstić information content (AvgIpc) is 2.19. The van der Waals surface area contributed by atoms with E-state index >= 15 is 0 Å². The van der Waals surface area contributed by atoms with Crippen LogP contribution in [0.5, 0.6) is 0 Å². The molecular weight excluding hydrogens is 186 g/mol. The van der Waals surface area contributed by atoms with Crippen LogP contribution in [-0.2, 0) is 4.74 Å². The third kappa shape index (κ3) is 3.50. The zero-order valence-corrected chi connectivity index (χ0v) is 9.60. The smallest absolute Gasteiger partial charge is 0.101 e. The molecule has 0 aromatic heterocycles. The van der Waals surface area contributed by atoms with Gasteiger partial charge in [0.15, 0.2) is 0 Å². The minimum absolute atomic E-state index is 0.0684. The fourth-order valence-electron chi connectivity index (χ4n) is 1.63. The summed E-state index contributed by atoms with van der Waals surface area (Å²) in [5.74, 6) is 0. The molecule has 0 radical (unpaired) electrons. The lowest BCUT2D eigenvalue weighted by molar-refractivity contribution is 0.0924. The van der Waals surface area contributed by atoms with Gasteiger partial charge in [0.1, 0.15) is 6.10 Å². The van der Waals surface area contributed by atoms with Gasteiger partial charge in [0.05, 0.1) is 6.04 Å². The Morgan fingerprint density at radius 2 is 1.87 bits per heavy atom. The summed E-state index contributed by atoms with van der Waals surface area (Å²) in [6.07, 6.45) is 1.96. The van der Waals surface area contributed by atoms with Crippen molar-refractivity contribution in [2.75, 3.05) is 7.11 Å². The Morgan fingerprint density at radius 3 is 2.33 bits per heavy atom. The molecule has 1 aromatic carbocycles. The summed E-state index contributed by atoms with van der Waals surface area (Å²) in [6, 6.07) is 9.96. The molecule has 0 heterocycles. The summed E-state index contributed by atoms with van der Waals surface area (Å²) in [7, 11) is 1.69. The molecule has 15 heavy (non-hydrogen) atoms. The lowest BCUT2D eigenvalue weighted by atomic mass is 10.0. The first-order valence-electron chi connectivity index (χ1n) is 5.13. The molecule has 0 aliphatic rings. The first-order valence-corrected chi connectivity index (χ1v) is 5.13. The van der Waals surface area contributed by atoms with Crippen LogP contribution in [0.2, 0.25) is 0 Å². The molecule has 2 heteroatoms. The van der Waals surface area contributed by atoms with Gasteiger partial charge >= 0.3 is 0 Å². The Morgan fingerprint density at radius 1 is 1.27 bits per heavy atom. The van der Waals surface area contributed by atoms with Crippen LogP contribution in [-0.4, -0.2) is 13.2 Å². The molecule has 0 spiro atoms. The molecule has 82 valence electrons. The van der Waals surface area contributed by atoms with E-state index < -0.39 is 0 Å². The standard InChI is InChI=1S/C13H19NO/c1-10(2)9-12(14)13(15-3)11-7-5-4-6-8-11/h4-9,12-13H,14H2,1-3H3. The second kappa shape index (κ2) is 5.69. The number of nitrogens with two attached hydrogens (primary N) is 1. The second-order valence-corrected chi connectivity index (χ2v) is 3.89. The summed E-state index contributed by atoms with van der Waals surface area (Å²) in [5.41, 5.74) is 8.38. The van der Waals surface area contributed by atoms with Crippen LogP contribution >= 0.6 is 0 Å². The number of hydrogen-bond donors (Lipinski definition) is 1. The Kier molecular flexibility index (Phi) is 4.53. The van der Waals surface area contributed by atoms with Gasteiger partial charge in [0.25, 0.3) is 0 Å². The van der Waals surface area contributed by atoms with Gasteiger partial charge in [0, 0.05) is 7.11 Å². The van der Waals surface area contributed by atoms with Crippen LogP contribution in [0.15, 0.2) is 42.0 Å². The highest BCUT2D eigenvalue weighted by molar-refractivity contribution is 5.21. The van der Waals surface area contributed by atoms with Crippen molar-refractivity contribution < 1.29 is 4.74 Å². The van der Waals surface area contributed by atoms with E-state index in [-0.39, 0.29) is 12.1 Å². The predicted molar refractivity (Wildman–Crippen MR) is 63.6 cm³/mol. The first kappa shape index (κ1) is 12.0. The van der Waals surface area contributed by atoms with Gasteiger partial charge in [-0.1, -0.05) is 42.0 Å². The predicted octanol–water partition coefficient (Wildman–Crippen LogP) is 2.67. The van der Waals surface area contributed by atoms with E-state index in [1.165, 1.54) is 5.57 Å². The van der Waals surface area contributed by atoms with Crippen LogP contribution in [0.3, 0.4) is 0 Å². The molecule has 2 unspecified atom stereocenters. The van der Waals surface area contributed by atoms with Gasteiger partial charge in [0.2, 0.25) is 0 Å². The fourth-order valence-corrected chi connectivity index (χ4v) is 1.63. The van der Waals surface area contributed by atoms with E-state index in [0.717, 1.165) is 5.56 Å². The van der Waals surface area contributed by atoms with E-state index in [1.807, 2.05) is 50.3 Å². The normalized spacial score (nSPS) is 14.4. The van der Waals surface area contributed by atoms with Crippen molar-refractivity contribution in [1.82, 2.24) is 0 Å². The molecule has 0 aliphatic carbocycles. The molecular formula is C13H19NO. The maximum absolute atomic E-state index is 6.06. The first-order chi connectivity index (χ1) is 7.15. The average molecular weight is 205 g/mol. The number of rotatable bonds is 4. The van der Waals surface area contributed by atoms with Crippen molar-refractivity contribution in [3.05, 3.63) is 47.5 Å². The zero-order valence-electron chi connectivity index (χ0n) is 9.60. The number of hydrogen-bond acceptors (Lipinski definition) is 2. The summed E-state index contributed by atoms with van der Waals surface area (Å²) in [5, 5.41) is 0. The monoisotopic (exact) mass is 205 g/mol. The lowest BCUT2D eigenvalue weighted by Crippen LogP contribution is -2.27. The Hall–Kier alpha value is -1.12. The highest BCUT2D eigenvalue weighted by atomic mass is 16.5. The summed E-state index contributed by atoms with van der Waals surface area (Å²) < 4.78 is 5.43. The van der Waals surface area contributed by atoms with Gasteiger partial charge < -0.3 is 10.5 Å². The molecule has 0 saturated carbocycles. The maximum Gasteiger partial charge on any atom is 0.101 e. The summed E-state index contributed by atoms with van der Waals surface area (Å²) >= 11 is 0. The Balaban J connectivity index is 2.85. The topological polar surface area (TPSA) is 35.2 Å². The van der Waals surface area contributed by atoms with E-state index in [1.54, 1.807) is 7.11 Å². The molecule has 1 rings (SSSR count). The highest BCUT2D eigenvalue weighted by Crippen LogP contribution is 2.20. The molecule has 0 bridgehead atoms. The largest absolute Gasteiger partial charge is 0.375 e. The summed E-state index contributed by atoms with van der Waals surface area (Å²) in [4.78, 5) is 0. The van der Waals surface area contributed by atoms with Crippen molar-refractivity contribution in [3.8, 4) is 0 Å². The van der Waals surface area contributed by atoms with Gasteiger partial charge in [-0.15, -0.1) is 0 Å².